The van der Waals surface area contributed by atoms with Gasteiger partial charge in [0.15, 0.2) is 0 Å². The number of carbonyl (C=O) groups excluding carboxylic acids is 1. The smallest absolute Gasteiger partial charge is 0.242 e. The molecule has 0 bridgehead atoms. The summed E-state index contributed by atoms with van der Waals surface area (Å²) in [6.07, 6.45) is 0. The van der Waals surface area contributed by atoms with Crippen molar-refractivity contribution in [3.05, 3.63) is 102 Å². The maximum absolute atomic E-state index is 13.3. The van der Waals surface area contributed by atoms with Gasteiger partial charge in [0.2, 0.25) is 5.91 Å². The maximum atomic E-state index is 13.3. The van der Waals surface area contributed by atoms with Crippen LogP contribution in [0.4, 0.5) is 5.69 Å². The Kier molecular flexibility index (Phi) is 6.64. The van der Waals surface area contributed by atoms with Crippen LogP contribution in [-0.4, -0.2) is 10.7 Å². The van der Waals surface area contributed by atoms with Gasteiger partial charge in [-0.1, -0.05) is 111 Å². The van der Waals surface area contributed by atoms with Crippen LogP contribution in [-0.2, 0) is 11.3 Å². The minimum absolute atomic E-state index is 0.0192. The van der Waals surface area contributed by atoms with Crippen molar-refractivity contribution < 1.29 is 4.79 Å². The van der Waals surface area contributed by atoms with Crippen LogP contribution in [0.25, 0.3) is 0 Å². The average Bonchev–Trinajstić information content (AvgIpc) is 2.72. The van der Waals surface area contributed by atoms with Gasteiger partial charge < -0.3 is 4.90 Å². The second-order valence-corrected chi connectivity index (χ2v) is 7.93. The predicted molar refractivity (Wildman–Crippen MR) is 115 cm³/mol. The minimum Gasteiger partial charge on any atom is -0.307 e. The number of rotatable bonds is 6. The maximum Gasteiger partial charge on any atom is 0.242 e. The number of carbonyl (C=O) groups is 1. The van der Waals surface area contributed by atoms with E-state index in [1.54, 1.807) is 0 Å². The zero-order valence-corrected chi connectivity index (χ0v) is 17.3. The quantitative estimate of drug-likeness (QED) is 0.395. The molecular weight excluding hydrogens is 454 g/mol. The molecule has 3 rings (SSSR count). The highest BCUT2D eigenvalue weighted by Gasteiger charge is 2.30. The first-order valence-electron chi connectivity index (χ1n) is 8.40. The van der Waals surface area contributed by atoms with E-state index in [0.29, 0.717) is 6.54 Å². The lowest BCUT2D eigenvalue weighted by Gasteiger charge is -2.27. The summed E-state index contributed by atoms with van der Waals surface area (Å²) >= 11 is 7.30. The average molecular weight is 473 g/mol. The molecule has 0 heterocycles. The van der Waals surface area contributed by atoms with Gasteiger partial charge >= 0.3 is 0 Å². The molecule has 0 aliphatic carbocycles. The lowest BCUT2D eigenvalue weighted by molar-refractivity contribution is -0.118. The molecule has 0 aliphatic heterocycles. The van der Waals surface area contributed by atoms with Gasteiger partial charge in [-0.25, -0.2) is 0 Å². The number of hydrogen-bond acceptors (Lipinski definition) is 1. The Morgan fingerprint density at radius 1 is 0.769 bits per heavy atom. The van der Waals surface area contributed by atoms with Crippen molar-refractivity contribution in [2.45, 2.75) is 16.2 Å². The summed E-state index contributed by atoms with van der Waals surface area (Å²) < 4.78 is 0. The Hall–Kier alpha value is -1.91. The topological polar surface area (TPSA) is 20.3 Å². The van der Waals surface area contributed by atoms with E-state index in [9.17, 15) is 4.79 Å². The van der Waals surface area contributed by atoms with Gasteiger partial charge in [-0.05, 0) is 23.3 Å². The number of hydrogen-bond donors (Lipinski definition) is 0. The van der Waals surface area contributed by atoms with Gasteiger partial charge in [-0.2, -0.15) is 0 Å². The number of alkyl halides is 2. The highest BCUT2D eigenvalue weighted by atomic mass is 79.9. The normalized spacial score (nSPS) is 13.0. The fraction of sp³-hybridized carbons (Fsp3) is 0.136. The van der Waals surface area contributed by atoms with E-state index in [1.807, 2.05) is 95.9 Å². The van der Waals surface area contributed by atoms with Crippen LogP contribution >= 0.6 is 31.9 Å². The van der Waals surface area contributed by atoms with Crippen LogP contribution in [0.5, 0.6) is 0 Å². The lowest BCUT2D eigenvalue weighted by Crippen LogP contribution is -2.37. The van der Waals surface area contributed by atoms with Gasteiger partial charge in [0.25, 0.3) is 0 Å². The molecule has 0 spiro atoms. The summed E-state index contributed by atoms with van der Waals surface area (Å²) in [7, 11) is 0. The third kappa shape index (κ3) is 4.63. The Bertz CT molecular complexity index is 825. The van der Waals surface area contributed by atoms with Gasteiger partial charge in [-0.15, -0.1) is 0 Å². The van der Waals surface area contributed by atoms with Crippen LogP contribution in [0.2, 0.25) is 0 Å². The zero-order chi connectivity index (χ0) is 18.4. The fourth-order valence-corrected chi connectivity index (χ4v) is 3.83. The van der Waals surface area contributed by atoms with Crippen molar-refractivity contribution in [2.24, 2.45) is 0 Å². The molecule has 3 aromatic rings. The monoisotopic (exact) mass is 471 g/mol. The first-order valence-corrected chi connectivity index (χ1v) is 10.2. The number of amides is 1. The second kappa shape index (κ2) is 9.15. The summed E-state index contributed by atoms with van der Waals surface area (Å²) in [5.74, 6) is 0.0192. The molecule has 26 heavy (non-hydrogen) atoms. The third-order valence-electron chi connectivity index (χ3n) is 4.13. The van der Waals surface area contributed by atoms with Crippen LogP contribution in [0.1, 0.15) is 16.0 Å². The Morgan fingerprint density at radius 2 is 1.27 bits per heavy atom. The highest BCUT2D eigenvalue weighted by molar-refractivity contribution is 9.12. The first-order chi connectivity index (χ1) is 12.7. The molecule has 2 atom stereocenters. The van der Waals surface area contributed by atoms with E-state index in [1.165, 1.54) is 0 Å². The summed E-state index contributed by atoms with van der Waals surface area (Å²) in [4.78, 5) is 14.6. The molecule has 4 heteroatoms. The molecule has 3 aromatic carbocycles. The number of anilines is 1. The molecule has 2 nitrogen and oxygen atoms in total. The minimum atomic E-state index is -0.381. The molecule has 0 fully saturated rings. The summed E-state index contributed by atoms with van der Waals surface area (Å²) in [5.41, 5.74) is 3.05. The first kappa shape index (κ1) is 18.9. The summed E-state index contributed by atoms with van der Waals surface area (Å²) in [6.45, 7) is 0.528. The Morgan fingerprint density at radius 3 is 1.85 bits per heavy atom. The van der Waals surface area contributed by atoms with E-state index in [4.69, 9.17) is 0 Å². The number of halogens is 2. The third-order valence-corrected chi connectivity index (χ3v) is 6.82. The number of benzene rings is 3. The summed E-state index contributed by atoms with van der Waals surface area (Å²) in [6, 6.07) is 29.8. The molecule has 0 radical (unpaired) electrons. The van der Waals surface area contributed by atoms with Crippen LogP contribution in [0.3, 0.4) is 0 Å². The van der Waals surface area contributed by atoms with Crippen LogP contribution < -0.4 is 4.90 Å². The molecule has 0 unspecified atom stereocenters. The van der Waals surface area contributed by atoms with Crippen molar-refractivity contribution in [1.82, 2.24) is 0 Å². The Balaban J connectivity index is 1.87. The van der Waals surface area contributed by atoms with Gasteiger partial charge in [0.1, 0.15) is 4.83 Å². The SMILES string of the molecule is O=C([C@@H](Br)[C@@H](Br)c1ccccc1)N(Cc1ccccc1)c1ccccc1. The molecule has 0 saturated carbocycles. The van der Waals surface area contributed by atoms with Gasteiger partial charge in [0.05, 0.1) is 11.4 Å². The highest BCUT2D eigenvalue weighted by Crippen LogP contribution is 2.33. The van der Waals surface area contributed by atoms with E-state index in [0.717, 1.165) is 16.8 Å². The van der Waals surface area contributed by atoms with Crippen molar-refractivity contribution in [1.29, 1.82) is 0 Å². The Labute approximate surface area is 171 Å². The van der Waals surface area contributed by atoms with E-state index < -0.39 is 0 Å². The van der Waals surface area contributed by atoms with Crippen LogP contribution in [0, 0.1) is 0 Å². The van der Waals surface area contributed by atoms with E-state index in [2.05, 4.69) is 31.9 Å². The van der Waals surface area contributed by atoms with Gasteiger partial charge in [-0.3, -0.25) is 4.79 Å². The lowest BCUT2D eigenvalue weighted by atomic mass is 10.1. The van der Waals surface area contributed by atoms with Crippen molar-refractivity contribution in [2.75, 3.05) is 4.90 Å². The molecule has 1 amide bonds. The second-order valence-electron chi connectivity index (χ2n) is 5.96. The van der Waals surface area contributed by atoms with E-state index in [-0.39, 0.29) is 15.6 Å². The molecule has 0 aliphatic rings. The fourth-order valence-electron chi connectivity index (χ4n) is 2.75. The molecule has 0 saturated heterocycles. The van der Waals surface area contributed by atoms with Crippen LogP contribution in [0.15, 0.2) is 91.0 Å². The largest absolute Gasteiger partial charge is 0.307 e. The van der Waals surface area contributed by atoms with Gasteiger partial charge in [0, 0.05) is 5.69 Å². The molecule has 0 N–H and O–H groups in total. The number of para-hydroxylation sites is 1. The van der Waals surface area contributed by atoms with Crippen molar-refractivity contribution in [3.8, 4) is 0 Å². The number of nitrogens with zero attached hydrogens (tertiary/aromatic N) is 1. The molecule has 0 aromatic heterocycles. The summed E-state index contributed by atoms with van der Waals surface area (Å²) in [5, 5.41) is 0. The molecular formula is C22H19Br2NO. The van der Waals surface area contributed by atoms with Crippen molar-refractivity contribution in [3.63, 3.8) is 0 Å². The standard InChI is InChI=1S/C22H19Br2NO/c23-20(18-12-6-2-7-13-18)21(24)22(26)25(19-14-8-3-9-15-19)16-17-10-4-1-5-11-17/h1-15,20-21H,16H2/t20-,21-/m0/s1. The van der Waals surface area contributed by atoms with Crippen molar-refractivity contribution >= 4 is 43.5 Å². The zero-order valence-electron chi connectivity index (χ0n) is 14.1. The van der Waals surface area contributed by atoms with E-state index >= 15 is 0 Å². The molecule has 132 valence electrons. The predicted octanol–water partition coefficient (Wildman–Crippen LogP) is 6.12.